The van der Waals surface area contributed by atoms with Crippen LogP contribution in [0.25, 0.3) is 0 Å². The number of benzene rings is 1. The lowest BCUT2D eigenvalue weighted by Gasteiger charge is -2.11. The summed E-state index contributed by atoms with van der Waals surface area (Å²) in [5, 5.41) is 9.01. The van der Waals surface area contributed by atoms with Crippen LogP contribution in [0.1, 0.15) is 25.3 Å². The summed E-state index contributed by atoms with van der Waals surface area (Å²) in [6.07, 6.45) is 0. The molecule has 0 bridgehead atoms. The van der Waals surface area contributed by atoms with E-state index in [1.165, 1.54) is 6.07 Å². The van der Waals surface area contributed by atoms with Gasteiger partial charge in [-0.2, -0.15) is 14.0 Å². The highest BCUT2D eigenvalue weighted by Gasteiger charge is 2.59. The van der Waals surface area contributed by atoms with E-state index in [2.05, 4.69) is 10.8 Å². The second kappa shape index (κ2) is 3.99. The lowest BCUT2D eigenvalue weighted by Crippen LogP contribution is -2.04. The Morgan fingerprint density at radius 1 is 1.35 bits per heavy atom. The van der Waals surface area contributed by atoms with Gasteiger partial charge in [0.2, 0.25) is 0 Å². The Kier molecular flexibility index (Phi) is 2.78. The van der Waals surface area contributed by atoms with Crippen LogP contribution in [0.3, 0.4) is 0 Å². The van der Waals surface area contributed by atoms with Gasteiger partial charge in [-0.05, 0) is 17.0 Å². The van der Waals surface area contributed by atoms with Gasteiger partial charge in [-0.3, -0.25) is 0 Å². The van der Waals surface area contributed by atoms with E-state index in [4.69, 9.17) is 5.26 Å². The van der Waals surface area contributed by atoms with E-state index >= 15 is 0 Å². The van der Waals surface area contributed by atoms with E-state index in [-0.39, 0.29) is 23.0 Å². The van der Waals surface area contributed by atoms with Crippen LogP contribution in [0.2, 0.25) is 0 Å². The number of ether oxygens (including phenoxy) is 1. The monoisotopic (exact) mass is 237 g/mol. The minimum atomic E-state index is -2.83. The Balaban J connectivity index is 2.32. The molecule has 2 atom stereocenters. The third kappa shape index (κ3) is 1.97. The molecule has 0 aromatic heterocycles. The molecule has 2 rings (SSSR count). The van der Waals surface area contributed by atoms with Crippen LogP contribution in [-0.4, -0.2) is 6.61 Å². The van der Waals surface area contributed by atoms with E-state index in [1.54, 1.807) is 18.2 Å². The molecule has 0 amide bonds. The minimum absolute atomic E-state index is 0.0255. The van der Waals surface area contributed by atoms with Gasteiger partial charge in [0.1, 0.15) is 5.75 Å². The molecule has 2 unspecified atom stereocenters. The Labute approximate surface area is 98.8 Å². The van der Waals surface area contributed by atoms with Gasteiger partial charge in [0.05, 0.1) is 12.0 Å². The van der Waals surface area contributed by atoms with Crippen molar-refractivity contribution in [3.63, 3.8) is 0 Å². The van der Waals surface area contributed by atoms with Crippen LogP contribution in [0.5, 0.6) is 5.75 Å². The van der Waals surface area contributed by atoms with Crippen LogP contribution in [0.15, 0.2) is 24.3 Å². The maximum atomic E-state index is 12.3. The topological polar surface area (TPSA) is 33.0 Å². The number of nitrogens with zero attached hydrogens (tertiary/aromatic N) is 1. The molecule has 0 saturated heterocycles. The van der Waals surface area contributed by atoms with Crippen LogP contribution >= 0.6 is 0 Å². The molecule has 0 heterocycles. The Morgan fingerprint density at radius 2 is 2.00 bits per heavy atom. The molecule has 0 spiro atoms. The predicted molar refractivity (Wildman–Crippen MR) is 58.7 cm³/mol. The van der Waals surface area contributed by atoms with Crippen molar-refractivity contribution in [2.45, 2.75) is 26.4 Å². The van der Waals surface area contributed by atoms with E-state index in [1.807, 2.05) is 13.8 Å². The highest BCUT2D eigenvalue weighted by molar-refractivity contribution is 5.44. The SMILES string of the molecule is CC1(C)C(C#N)C1c1ccccc1OC(F)F. The molecule has 1 fully saturated rings. The summed E-state index contributed by atoms with van der Waals surface area (Å²) >= 11 is 0. The van der Waals surface area contributed by atoms with Gasteiger partial charge in [0, 0.05) is 5.92 Å². The molecule has 17 heavy (non-hydrogen) atoms. The summed E-state index contributed by atoms with van der Waals surface area (Å²) in [5.41, 5.74) is 0.528. The van der Waals surface area contributed by atoms with Crippen molar-refractivity contribution in [3.8, 4) is 11.8 Å². The van der Waals surface area contributed by atoms with E-state index in [9.17, 15) is 8.78 Å². The second-order valence-electron chi connectivity index (χ2n) is 4.82. The molecule has 4 heteroatoms. The molecular weight excluding hydrogens is 224 g/mol. The van der Waals surface area contributed by atoms with Crippen LogP contribution in [-0.2, 0) is 0 Å². The highest BCUT2D eigenvalue weighted by atomic mass is 19.3. The fourth-order valence-electron chi connectivity index (χ4n) is 2.40. The summed E-state index contributed by atoms with van der Waals surface area (Å²) in [7, 11) is 0. The zero-order chi connectivity index (χ0) is 12.6. The lowest BCUT2D eigenvalue weighted by molar-refractivity contribution is -0.0505. The number of rotatable bonds is 3. The Morgan fingerprint density at radius 3 is 2.53 bits per heavy atom. The summed E-state index contributed by atoms with van der Waals surface area (Å²) in [5.74, 6) is 0.0192. The standard InChI is InChI=1S/C13H13F2NO/c1-13(2)9(7-16)11(13)8-5-3-4-6-10(8)17-12(14)15/h3-6,9,11-12H,1-2H3. The molecule has 90 valence electrons. The number of hydrogen-bond donors (Lipinski definition) is 0. The van der Waals surface area contributed by atoms with E-state index in [0.717, 1.165) is 0 Å². The van der Waals surface area contributed by atoms with Crippen molar-refractivity contribution in [2.24, 2.45) is 11.3 Å². The van der Waals surface area contributed by atoms with Gasteiger partial charge in [0.25, 0.3) is 0 Å². The largest absolute Gasteiger partial charge is 0.435 e. The summed E-state index contributed by atoms with van der Waals surface area (Å²) in [6, 6.07) is 8.91. The summed E-state index contributed by atoms with van der Waals surface area (Å²) in [6.45, 7) is 1.09. The lowest BCUT2D eigenvalue weighted by atomic mass is 10.0. The molecule has 0 N–H and O–H groups in total. The molecule has 0 aliphatic heterocycles. The first kappa shape index (κ1) is 11.8. The van der Waals surface area contributed by atoms with Crippen molar-refractivity contribution >= 4 is 0 Å². The Hall–Kier alpha value is -1.63. The van der Waals surface area contributed by atoms with Crippen LogP contribution in [0.4, 0.5) is 8.78 Å². The van der Waals surface area contributed by atoms with Crippen LogP contribution in [0, 0.1) is 22.7 Å². The first-order chi connectivity index (χ1) is 7.98. The van der Waals surface area contributed by atoms with Crippen molar-refractivity contribution in [1.82, 2.24) is 0 Å². The minimum Gasteiger partial charge on any atom is -0.435 e. The fraction of sp³-hybridized carbons (Fsp3) is 0.462. The molecular formula is C13H13F2NO. The average molecular weight is 237 g/mol. The summed E-state index contributed by atoms with van der Waals surface area (Å²) < 4.78 is 29.0. The van der Waals surface area contributed by atoms with Crippen molar-refractivity contribution in [2.75, 3.05) is 0 Å². The van der Waals surface area contributed by atoms with Crippen LogP contribution < -0.4 is 4.74 Å². The van der Waals surface area contributed by atoms with Gasteiger partial charge < -0.3 is 4.74 Å². The fourth-order valence-corrected chi connectivity index (χ4v) is 2.40. The smallest absolute Gasteiger partial charge is 0.387 e. The normalized spacial score (nSPS) is 25.4. The van der Waals surface area contributed by atoms with Gasteiger partial charge >= 0.3 is 6.61 Å². The van der Waals surface area contributed by atoms with E-state index in [0.29, 0.717) is 5.56 Å². The molecule has 1 aromatic carbocycles. The second-order valence-corrected chi connectivity index (χ2v) is 4.82. The molecule has 1 saturated carbocycles. The van der Waals surface area contributed by atoms with Gasteiger partial charge in [-0.1, -0.05) is 32.0 Å². The molecule has 1 aromatic rings. The quantitative estimate of drug-likeness (QED) is 0.805. The zero-order valence-corrected chi connectivity index (χ0v) is 9.65. The predicted octanol–water partition coefficient (Wildman–Crippen LogP) is 3.55. The number of nitriles is 1. The van der Waals surface area contributed by atoms with Gasteiger partial charge in [-0.15, -0.1) is 0 Å². The third-order valence-electron chi connectivity index (χ3n) is 3.44. The first-order valence-corrected chi connectivity index (χ1v) is 5.42. The summed E-state index contributed by atoms with van der Waals surface area (Å²) in [4.78, 5) is 0. The number of alkyl halides is 2. The molecule has 1 aliphatic rings. The zero-order valence-electron chi connectivity index (χ0n) is 9.65. The van der Waals surface area contributed by atoms with E-state index < -0.39 is 6.61 Å². The van der Waals surface area contributed by atoms with Gasteiger partial charge in [0.15, 0.2) is 0 Å². The Bertz CT molecular complexity index is 465. The van der Waals surface area contributed by atoms with Crippen molar-refractivity contribution < 1.29 is 13.5 Å². The molecule has 2 nitrogen and oxygen atoms in total. The van der Waals surface area contributed by atoms with Gasteiger partial charge in [-0.25, -0.2) is 0 Å². The maximum absolute atomic E-state index is 12.3. The number of halogens is 2. The highest BCUT2D eigenvalue weighted by Crippen LogP contribution is 2.65. The number of hydrogen-bond acceptors (Lipinski definition) is 2. The molecule has 0 radical (unpaired) electrons. The molecule has 1 aliphatic carbocycles. The first-order valence-electron chi connectivity index (χ1n) is 5.42. The van der Waals surface area contributed by atoms with Crippen molar-refractivity contribution in [1.29, 1.82) is 5.26 Å². The maximum Gasteiger partial charge on any atom is 0.387 e. The average Bonchev–Trinajstić information content (AvgIpc) is 2.80. The third-order valence-corrected chi connectivity index (χ3v) is 3.44. The number of para-hydroxylation sites is 1. The van der Waals surface area contributed by atoms with Crippen molar-refractivity contribution in [3.05, 3.63) is 29.8 Å².